The van der Waals surface area contributed by atoms with Crippen LogP contribution in [0.15, 0.2) is 144 Å². The van der Waals surface area contributed by atoms with Crippen molar-refractivity contribution < 1.29 is 19.1 Å². The van der Waals surface area contributed by atoms with Gasteiger partial charge in [-0.15, -0.1) is 0 Å². The van der Waals surface area contributed by atoms with E-state index in [2.05, 4.69) is 92.9 Å². The van der Waals surface area contributed by atoms with Gasteiger partial charge >= 0.3 is 6.03 Å². The molecule has 6 aromatic carbocycles. The van der Waals surface area contributed by atoms with Crippen LogP contribution in [-0.4, -0.2) is 30.9 Å². The first kappa shape index (κ1) is 33.8. The van der Waals surface area contributed by atoms with Crippen LogP contribution >= 0.6 is 15.9 Å². The summed E-state index contributed by atoms with van der Waals surface area (Å²) in [7, 11) is 0. The Morgan fingerprint density at radius 2 is 1.35 bits per heavy atom. The minimum atomic E-state index is -0.771. The highest BCUT2D eigenvalue weighted by Crippen LogP contribution is 2.50. The summed E-state index contributed by atoms with van der Waals surface area (Å²) in [5.41, 5.74) is 7.55. The Morgan fingerprint density at radius 3 is 2.04 bits per heavy atom. The molecule has 0 radical (unpaired) electrons. The number of hydrogen-bond acceptors (Lipinski definition) is 5. The number of imide groups is 2. The highest BCUT2D eigenvalue weighted by molar-refractivity contribution is 9.10. The average Bonchev–Trinajstić information content (AvgIpc) is 3.20. The Labute approximate surface area is 322 Å². The van der Waals surface area contributed by atoms with Crippen molar-refractivity contribution in [3.05, 3.63) is 177 Å². The maximum Gasteiger partial charge on any atom is 0.335 e. The molecule has 6 aromatic rings. The first-order chi connectivity index (χ1) is 26.4. The number of carbonyl (C=O) groups is 3. The predicted octanol–water partition coefficient (Wildman–Crippen LogP) is 9.73. The number of ether oxygens (including phenoxy) is 1. The van der Waals surface area contributed by atoms with Gasteiger partial charge in [-0.3, -0.25) is 14.9 Å². The van der Waals surface area contributed by atoms with Crippen molar-refractivity contribution in [2.24, 2.45) is 0 Å². The number of barbiturate groups is 1. The van der Waals surface area contributed by atoms with E-state index in [-0.39, 0.29) is 24.0 Å². The van der Waals surface area contributed by atoms with Gasteiger partial charge in [-0.05, 0) is 87.8 Å². The van der Waals surface area contributed by atoms with E-state index >= 15 is 0 Å². The van der Waals surface area contributed by atoms with Crippen molar-refractivity contribution in [2.45, 2.75) is 31.3 Å². The Hall–Kier alpha value is -5.99. The molecule has 3 aliphatic rings. The van der Waals surface area contributed by atoms with Gasteiger partial charge in [0, 0.05) is 40.6 Å². The number of nitrogens with one attached hydrogen (secondary N) is 1. The maximum absolute atomic E-state index is 14.5. The summed E-state index contributed by atoms with van der Waals surface area (Å²) >= 11 is 3.55. The Morgan fingerprint density at radius 1 is 0.722 bits per heavy atom. The van der Waals surface area contributed by atoms with Crippen LogP contribution in [0.5, 0.6) is 5.75 Å². The predicted molar refractivity (Wildman–Crippen MR) is 216 cm³/mol. The summed E-state index contributed by atoms with van der Waals surface area (Å²) in [5.74, 6) is -0.790. The first-order valence-corrected chi connectivity index (χ1v) is 19.1. The molecule has 1 fully saturated rings. The zero-order valence-electron chi connectivity index (χ0n) is 29.4. The molecular weight excluding hydrogens is 738 g/mol. The van der Waals surface area contributed by atoms with Crippen LogP contribution in [0.3, 0.4) is 0 Å². The molecule has 0 aliphatic carbocycles. The fraction of sp³-hybridized carbons (Fsp3) is 0.152. The number of amides is 4. The normalized spacial score (nSPS) is 18.8. The summed E-state index contributed by atoms with van der Waals surface area (Å²) in [6, 6.07) is 43.7. The van der Waals surface area contributed by atoms with Crippen molar-refractivity contribution in [1.82, 2.24) is 5.32 Å². The molecule has 0 unspecified atom stereocenters. The van der Waals surface area contributed by atoms with Crippen molar-refractivity contribution >= 4 is 62.0 Å². The standard InChI is InChI=1S/C46H36BrN3O4/c47-34-18-19-42(54-28-32-16-9-15-29-14-7-8-17-36(29)32)33(24-34)25-41-44(51)48-46(53)50(45(41)52)35-26-39-37(30-10-3-1-4-11-30)20-22-49-23-21-38(40(27-35)43(39)49)31-12-5-2-6-13-31/h1-19,24-27,37-38H,20-23,28H2,(H,48,51,53)/b41-25+/t37-,38+. The molecule has 266 valence electrons. The third-order valence-corrected chi connectivity index (χ3v) is 11.4. The van der Waals surface area contributed by atoms with Crippen molar-refractivity contribution in [2.75, 3.05) is 22.9 Å². The molecule has 1 saturated heterocycles. The average molecular weight is 775 g/mol. The Balaban J connectivity index is 1.12. The van der Waals surface area contributed by atoms with Crippen LogP contribution in [0, 0.1) is 0 Å². The lowest BCUT2D eigenvalue weighted by atomic mass is 9.76. The van der Waals surface area contributed by atoms with E-state index in [9.17, 15) is 14.4 Å². The summed E-state index contributed by atoms with van der Waals surface area (Å²) < 4.78 is 7.10. The van der Waals surface area contributed by atoms with Crippen LogP contribution in [-0.2, 0) is 16.2 Å². The molecule has 2 atom stereocenters. The second-order valence-corrected chi connectivity index (χ2v) is 14.9. The third kappa shape index (κ3) is 6.16. The molecule has 8 heteroatoms. The van der Waals surface area contributed by atoms with Crippen molar-refractivity contribution in [3.63, 3.8) is 0 Å². The minimum Gasteiger partial charge on any atom is -0.488 e. The molecule has 3 heterocycles. The number of nitrogens with zero attached hydrogens (tertiary/aromatic N) is 2. The third-order valence-electron chi connectivity index (χ3n) is 10.9. The first-order valence-electron chi connectivity index (χ1n) is 18.3. The molecule has 0 aromatic heterocycles. The van der Waals surface area contributed by atoms with Crippen molar-refractivity contribution in [3.8, 4) is 5.75 Å². The van der Waals surface area contributed by atoms with E-state index in [1.165, 1.54) is 22.9 Å². The molecule has 3 aliphatic heterocycles. The summed E-state index contributed by atoms with van der Waals surface area (Å²) in [6.45, 7) is 2.12. The highest BCUT2D eigenvalue weighted by Gasteiger charge is 2.40. The van der Waals surface area contributed by atoms with E-state index in [4.69, 9.17) is 4.74 Å². The fourth-order valence-corrected chi connectivity index (χ4v) is 8.73. The monoisotopic (exact) mass is 773 g/mol. The van der Waals surface area contributed by atoms with Gasteiger partial charge in [-0.2, -0.15) is 0 Å². The van der Waals surface area contributed by atoms with E-state index in [0.29, 0.717) is 17.0 Å². The smallest absolute Gasteiger partial charge is 0.335 e. The molecule has 7 nitrogen and oxygen atoms in total. The number of anilines is 2. The topological polar surface area (TPSA) is 79.0 Å². The number of urea groups is 1. The van der Waals surface area contributed by atoms with E-state index in [0.717, 1.165) is 62.8 Å². The number of rotatable bonds is 7. The molecule has 9 rings (SSSR count). The zero-order chi connectivity index (χ0) is 36.8. The summed E-state index contributed by atoms with van der Waals surface area (Å²) in [4.78, 5) is 45.4. The van der Waals surface area contributed by atoms with Gasteiger partial charge in [0.25, 0.3) is 11.8 Å². The van der Waals surface area contributed by atoms with Gasteiger partial charge in [0.15, 0.2) is 0 Å². The van der Waals surface area contributed by atoms with Gasteiger partial charge < -0.3 is 9.64 Å². The number of benzene rings is 6. The van der Waals surface area contributed by atoms with Crippen LogP contribution in [0.4, 0.5) is 16.2 Å². The van der Waals surface area contributed by atoms with Gasteiger partial charge in [-0.25, -0.2) is 9.69 Å². The molecule has 0 saturated carbocycles. The molecule has 54 heavy (non-hydrogen) atoms. The summed E-state index contributed by atoms with van der Waals surface area (Å²) in [5, 5.41) is 4.66. The lowest BCUT2D eigenvalue weighted by Crippen LogP contribution is -2.54. The largest absolute Gasteiger partial charge is 0.488 e. The minimum absolute atomic E-state index is 0.0772. The van der Waals surface area contributed by atoms with Gasteiger partial charge in [0.2, 0.25) is 0 Å². The van der Waals surface area contributed by atoms with E-state index < -0.39 is 17.8 Å². The number of halogens is 1. The SMILES string of the molecule is O=C1NC(=O)N(c2cc3c4c(c2)[C@H](c2ccccc2)CCN4CC[C@@H]3c2ccccc2)C(=O)/C1=C/c1cc(Br)ccc1OCc1cccc2ccccc12. The number of hydrogen-bond donors (Lipinski definition) is 1. The molecule has 0 bridgehead atoms. The second-order valence-electron chi connectivity index (χ2n) is 14.0. The summed E-state index contributed by atoms with van der Waals surface area (Å²) in [6.07, 6.45) is 3.33. The molecular formula is C46H36BrN3O4. The maximum atomic E-state index is 14.5. The number of fused-ring (bicyclic) bond motifs is 1. The van der Waals surface area contributed by atoms with Gasteiger partial charge in [0.05, 0.1) is 5.69 Å². The van der Waals surface area contributed by atoms with Crippen LogP contribution in [0.25, 0.3) is 16.8 Å². The van der Waals surface area contributed by atoms with E-state index in [1.807, 2.05) is 60.7 Å². The van der Waals surface area contributed by atoms with Crippen LogP contribution in [0.2, 0.25) is 0 Å². The quantitative estimate of drug-likeness (QED) is 0.129. The van der Waals surface area contributed by atoms with E-state index in [1.54, 1.807) is 6.07 Å². The van der Waals surface area contributed by atoms with Gasteiger partial charge in [-0.1, -0.05) is 119 Å². The van der Waals surface area contributed by atoms with Crippen molar-refractivity contribution in [1.29, 1.82) is 0 Å². The lowest BCUT2D eigenvalue weighted by Gasteiger charge is -2.44. The number of carbonyl (C=O) groups excluding carboxylic acids is 3. The fourth-order valence-electron chi connectivity index (χ4n) is 8.35. The highest BCUT2D eigenvalue weighted by atomic mass is 79.9. The zero-order valence-corrected chi connectivity index (χ0v) is 31.0. The Kier molecular flexibility index (Phi) is 8.83. The second kappa shape index (κ2) is 14.1. The molecule has 1 N–H and O–H groups in total. The van der Waals surface area contributed by atoms with Crippen LogP contribution < -0.4 is 19.9 Å². The Bertz CT molecular complexity index is 2400. The van der Waals surface area contributed by atoms with Crippen LogP contribution in [0.1, 0.15) is 58.1 Å². The van der Waals surface area contributed by atoms with Gasteiger partial charge in [0.1, 0.15) is 17.9 Å². The lowest BCUT2D eigenvalue weighted by molar-refractivity contribution is -0.122. The molecule has 4 amide bonds. The molecule has 0 spiro atoms.